The first-order valence-electron chi connectivity index (χ1n) is 21.6. The normalized spacial score (nSPS) is 12.2. The largest absolute Gasteiger partial charge is 2.00 e. The van der Waals surface area contributed by atoms with E-state index in [2.05, 4.69) is 145 Å². The number of aromatic amines is 1. The maximum absolute atomic E-state index is 5.66. The zero-order chi connectivity index (χ0) is 42.8. The molecule has 8 nitrogen and oxygen atoms in total. The van der Waals surface area contributed by atoms with Crippen molar-refractivity contribution in [3.63, 3.8) is 0 Å². The van der Waals surface area contributed by atoms with E-state index in [9.17, 15) is 0 Å². The van der Waals surface area contributed by atoms with Gasteiger partial charge in [-0.2, -0.15) is 0 Å². The molecule has 7 heterocycles. The summed E-state index contributed by atoms with van der Waals surface area (Å²) in [6.07, 6.45) is 6.34. The van der Waals surface area contributed by atoms with Crippen molar-refractivity contribution in [3.05, 3.63) is 211 Å². The summed E-state index contributed by atoms with van der Waals surface area (Å²) in [6.45, 7) is 0. The number of hydrogen-bond acceptors (Lipinski definition) is 5. The quantitative estimate of drug-likeness (QED) is 0.135. The standard InChI is InChI=1S/C57H34N8.Ni/c1-5-15-34(16-6-1)52-41-25-26-42(60-41)53(35-17-7-2-8-18-35)44-29-30-46(62-44)55(37-21-11-4-12-22-37)56-38(31-51(63-56)54(36-19-9-3-10-20-36)45-28-27-43(52)61-45)57-64-49-32-47-48(33-50(49)65-57)59-40-24-14-13-23-39(40)58-47;/h1-33H,(H,64,65);/q-2;+2. The van der Waals surface area contributed by atoms with E-state index in [1.165, 1.54) is 0 Å². The van der Waals surface area contributed by atoms with Gasteiger partial charge in [0.15, 0.2) is 0 Å². The molecule has 2 aliphatic rings. The average molecular weight is 890 g/mol. The molecule has 312 valence electrons. The van der Waals surface area contributed by atoms with Gasteiger partial charge in [-0.05, 0) is 87.0 Å². The van der Waals surface area contributed by atoms with Gasteiger partial charge in [-0.3, -0.25) is 0 Å². The fourth-order valence-corrected chi connectivity index (χ4v) is 9.20. The number of H-pyrrole nitrogens is 1. The van der Waals surface area contributed by atoms with Gasteiger partial charge < -0.3 is 15.0 Å². The van der Waals surface area contributed by atoms with Crippen LogP contribution >= 0.6 is 0 Å². The van der Waals surface area contributed by atoms with E-state index >= 15 is 0 Å². The van der Waals surface area contributed by atoms with Crippen LogP contribution in [0.4, 0.5) is 0 Å². The van der Waals surface area contributed by atoms with Crippen LogP contribution in [0.1, 0.15) is 28.6 Å². The molecule has 0 unspecified atom stereocenters. The van der Waals surface area contributed by atoms with E-state index in [1.807, 2.05) is 60.7 Å². The van der Waals surface area contributed by atoms with Crippen LogP contribution in [0.5, 0.6) is 0 Å². The summed E-state index contributed by atoms with van der Waals surface area (Å²) in [5, 5.41) is 0. The number of aromatic nitrogens is 8. The van der Waals surface area contributed by atoms with Gasteiger partial charge in [0.25, 0.3) is 0 Å². The van der Waals surface area contributed by atoms with Crippen molar-refractivity contribution in [1.29, 1.82) is 0 Å². The van der Waals surface area contributed by atoms with Crippen LogP contribution in [0.3, 0.4) is 0 Å². The minimum atomic E-state index is 0. The van der Waals surface area contributed by atoms with Crippen molar-refractivity contribution in [1.82, 2.24) is 39.9 Å². The number of fused-ring (bicyclic) bond motifs is 11. The van der Waals surface area contributed by atoms with Crippen LogP contribution in [0.25, 0.3) is 123 Å². The molecule has 0 spiro atoms. The smallest absolute Gasteiger partial charge is 0.657 e. The van der Waals surface area contributed by atoms with Crippen LogP contribution in [0.2, 0.25) is 0 Å². The molecule has 0 amide bonds. The number of nitrogens with one attached hydrogen (secondary N) is 1. The van der Waals surface area contributed by atoms with Gasteiger partial charge in [-0.25, -0.2) is 24.9 Å². The fraction of sp³-hybridized carbons (Fsp3) is 0. The topological polar surface area (TPSA) is 108 Å². The monoisotopic (exact) mass is 888 g/mol. The summed E-state index contributed by atoms with van der Waals surface area (Å²) in [4.78, 5) is 40.9. The van der Waals surface area contributed by atoms with Gasteiger partial charge in [0.1, 0.15) is 5.82 Å². The molecule has 0 saturated carbocycles. The van der Waals surface area contributed by atoms with Gasteiger partial charge >= 0.3 is 16.5 Å². The van der Waals surface area contributed by atoms with Crippen molar-refractivity contribution < 1.29 is 16.5 Å². The van der Waals surface area contributed by atoms with Gasteiger partial charge in [0.05, 0.1) is 55.9 Å². The van der Waals surface area contributed by atoms with E-state index in [-0.39, 0.29) is 16.5 Å². The summed E-state index contributed by atoms with van der Waals surface area (Å²) in [6, 6.07) is 61.9. The van der Waals surface area contributed by atoms with Crippen molar-refractivity contribution in [2.75, 3.05) is 0 Å². The van der Waals surface area contributed by atoms with Crippen molar-refractivity contribution in [2.45, 2.75) is 0 Å². The van der Waals surface area contributed by atoms with Gasteiger partial charge in [0, 0.05) is 5.57 Å². The molecule has 8 bridgehead atoms. The third-order valence-corrected chi connectivity index (χ3v) is 12.2. The number of rotatable bonds is 5. The molecular weight excluding hydrogens is 855 g/mol. The first kappa shape index (κ1) is 39.1. The molecule has 5 aromatic heterocycles. The van der Waals surface area contributed by atoms with Crippen molar-refractivity contribution in [3.8, 4) is 44.5 Å². The number of hydrogen-bond donors (Lipinski definition) is 1. The zero-order valence-corrected chi connectivity index (χ0v) is 36.0. The molecule has 0 radical (unpaired) electrons. The molecule has 2 aliphatic heterocycles. The Morgan fingerprint density at radius 2 is 0.773 bits per heavy atom. The molecule has 1 N–H and O–H groups in total. The molecule has 0 fully saturated rings. The Morgan fingerprint density at radius 3 is 1.27 bits per heavy atom. The molecule has 0 saturated heterocycles. The second-order valence-corrected chi connectivity index (χ2v) is 16.2. The summed E-state index contributed by atoms with van der Waals surface area (Å²) < 4.78 is 0. The first-order chi connectivity index (χ1) is 32.2. The van der Waals surface area contributed by atoms with Crippen LogP contribution < -0.4 is 9.97 Å². The Hall–Kier alpha value is -8.52. The summed E-state index contributed by atoms with van der Waals surface area (Å²) >= 11 is 0. The predicted octanol–water partition coefficient (Wildman–Crippen LogP) is 13.0. The molecular formula is C57H34N8Ni. The molecule has 0 aliphatic carbocycles. The number of benzene rings is 6. The molecule has 11 aromatic rings. The zero-order valence-electron chi connectivity index (χ0n) is 35.0. The summed E-state index contributed by atoms with van der Waals surface area (Å²) in [5.41, 5.74) is 19.7. The maximum atomic E-state index is 5.66. The minimum absolute atomic E-state index is 0. The van der Waals surface area contributed by atoms with Crippen LogP contribution in [-0.4, -0.2) is 29.9 Å². The predicted molar refractivity (Wildman–Crippen MR) is 263 cm³/mol. The Bertz CT molecular complexity index is 3860. The van der Waals surface area contributed by atoms with E-state index in [4.69, 9.17) is 34.9 Å². The minimum Gasteiger partial charge on any atom is -0.657 e. The Morgan fingerprint density at radius 1 is 0.348 bits per heavy atom. The Labute approximate surface area is 388 Å². The van der Waals surface area contributed by atoms with Gasteiger partial charge in [-0.15, -0.1) is 22.1 Å². The second-order valence-electron chi connectivity index (χ2n) is 16.2. The van der Waals surface area contributed by atoms with E-state index in [0.717, 1.165) is 128 Å². The van der Waals surface area contributed by atoms with Crippen LogP contribution in [0.15, 0.2) is 182 Å². The van der Waals surface area contributed by atoms with E-state index < -0.39 is 0 Å². The maximum Gasteiger partial charge on any atom is 2.00 e. The van der Waals surface area contributed by atoms with Crippen LogP contribution in [-0.2, 0) is 16.5 Å². The van der Waals surface area contributed by atoms with Crippen molar-refractivity contribution in [2.24, 2.45) is 0 Å². The van der Waals surface area contributed by atoms with Crippen LogP contribution in [0, 0.1) is 0 Å². The summed E-state index contributed by atoms with van der Waals surface area (Å²) in [5.74, 6) is 0.666. The number of para-hydroxylation sites is 2. The molecule has 9 heteroatoms. The SMILES string of the molecule is C1=Cc2nc1c(-c1ccccc1)c1ccc([n-]1)c(-c1ccccc1)c1nc(c(-c3ccccc3)c3ccc([n-]3)c2-c2ccccc2)C(c2nc3cc4nc5ccccc5nc4cc3[nH]2)=C1.[Ni+2]. The summed E-state index contributed by atoms with van der Waals surface area (Å²) in [7, 11) is 0. The third kappa shape index (κ3) is 6.64. The van der Waals surface area contributed by atoms with Gasteiger partial charge in [-0.1, -0.05) is 158 Å². The number of nitrogens with zero attached hydrogens (tertiary/aromatic N) is 7. The number of imidazole rings is 1. The third-order valence-electron chi connectivity index (χ3n) is 12.2. The molecule has 13 rings (SSSR count). The molecule has 0 atom stereocenters. The van der Waals surface area contributed by atoms with E-state index in [1.54, 1.807) is 0 Å². The second kappa shape index (κ2) is 15.9. The average Bonchev–Trinajstić information content (AvgIpc) is 4.23. The van der Waals surface area contributed by atoms with Crippen molar-refractivity contribution >= 4 is 79.0 Å². The first-order valence-corrected chi connectivity index (χ1v) is 21.6. The fourth-order valence-electron chi connectivity index (χ4n) is 9.20. The van der Waals surface area contributed by atoms with Gasteiger partial charge in [0.2, 0.25) is 0 Å². The molecule has 6 aromatic carbocycles. The Kier molecular flexibility index (Phi) is 9.44. The molecule has 66 heavy (non-hydrogen) atoms. The Balaban J connectivity index is 0.00000456. The van der Waals surface area contributed by atoms with E-state index in [0.29, 0.717) is 5.82 Å².